The van der Waals surface area contributed by atoms with E-state index in [0.29, 0.717) is 37.2 Å². The number of likely N-dealkylation sites (N-methyl/N-ethyl adjacent to an activating group) is 2. The van der Waals surface area contributed by atoms with Crippen LogP contribution in [0, 0.1) is 5.82 Å². The SMILES string of the molecule is CN1C(=O)N(C)C2(CCN(c3ccc(CNS(=O)O)c(F)c3)CC2)C1=O. The molecule has 1 aromatic rings. The number of halogens is 1. The minimum absolute atomic E-state index is 0.0495. The number of benzene rings is 1. The van der Waals surface area contributed by atoms with Gasteiger partial charge in [0, 0.05) is 45.0 Å². The van der Waals surface area contributed by atoms with Crippen molar-refractivity contribution in [2.45, 2.75) is 24.9 Å². The van der Waals surface area contributed by atoms with E-state index in [4.69, 9.17) is 4.55 Å². The van der Waals surface area contributed by atoms with E-state index in [-0.39, 0.29) is 18.5 Å². The number of carbonyl (C=O) groups is 2. The lowest BCUT2D eigenvalue weighted by Crippen LogP contribution is -2.55. The summed E-state index contributed by atoms with van der Waals surface area (Å²) in [7, 11) is 3.13. The zero-order valence-electron chi connectivity index (χ0n) is 14.6. The van der Waals surface area contributed by atoms with Gasteiger partial charge in [0.25, 0.3) is 5.91 Å². The first-order chi connectivity index (χ1) is 12.3. The van der Waals surface area contributed by atoms with Gasteiger partial charge in [-0.25, -0.2) is 18.1 Å². The van der Waals surface area contributed by atoms with Crippen molar-refractivity contribution < 1.29 is 22.7 Å². The first kappa shape index (κ1) is 18.7. The van der Waals surface area contributed by atoms with Crippen molar-refractivity contribution >= 4 is 28.9 Å². The second-order valence-corrected chi connectivity index (χ2v) is 7.36. The van der Waals surface area contributed by atoms with Crippen LogP contribution in [-0.4, -0.2) is 63.2 Å². The highest BCUT2D eigenvalue weighted by atomic mass is 32.2. The normalized spacial score (nSPS) is 21.0. The average Bonchev–Trinajstić information content (AvgIpc) is 2.77. The summed E-state index contributed by atoms with van der Waals surface area (Å²) in [6.45, 7) is 0.996. The molecule has 2 aliphatic rings. The summed E-state index contributed by atoms with van der Waals surface area (Å²) in [6.07, 6.45) is 0.958. The number of urea groups is 1. The van der Waals surface area contributed by atoms with Gasteiger partial charge in [0.2, 0.25) is 11.3 Å². The molecule has 2 saturated heterocycles. The number of piperidine rings is 1. The molecule has 0 aliphatic carbocycles. The van der Waals surface area contributed by atoms with Crippen LogP contribution >= 0.6 is 0 Å². The van der Waals surface area contributed by atoms with Gasteiger partial charge in [0.1, 0.15) is 11.4 Å². The first-order valence-corrected chi connectivity index (χ1v) is 9.30. The van der Waals surface area contributed by atoms with E-state index >= 15 is 0 Å². The molecule has 1 aromatic carbocycles. The van der Waals surface area contributed by atoms with Crippen LogP contribution in [0.1, 0.15) is 18.4 Å². The van der Waals surface area contributed by atoms with Gasteiger partial charge in [-0.1, -0.05) is 6.07 Å². The highest BCUT2D eigenvalue weighted by Gasteiger charge is 2.55. The van der Waals surface area contributed by atoms with E-state index in [0.717, 1.165) is 4.90 Å². The highest BCUT2D eigenvalue weighted by molar-refractivity contribution is 7.77. The Morgan fingerprint density at radius 1 is 1.27 bits per heavy atom. The fraction of sp³-hybridized carbons (Fsp3) is 0.500. The van der Waals surface area contributed by atoms with E-state index in [9.17, 15) is 18.2 Å². The number of carbonyl (C=O) groups excluding carboxylic acids is 2. The summed E-state index contributed by atoms with van der Waals surface area (Å²) in [5.74, 6) is -0.654. The molecule has 3 amide bonds. The molecular formula is C16H21FN4O4S. The third-order valence-corrected chi connectivity index (χ3v) is 5.69. The standard InChI is InChI=1S/C16H21FN4O4S/c1-19-14(22)16(20(2)15(19)23)5-7-21(8-6-16)12-4-3-11(13(17)9-12)10-18-26(24)25/h3-4,9,18H,5-8,10H2,1-2H3,(H,24,25). The molecule has 0 saturated carbocycles. The largest absolute Gasteiger partial charge is 0.371 e. The van der Waals surface area contributed by atoms with Crippen molar-refractivity contribution in [2.24, 2.45) is 0 Å². The molecule has 8 nitrogen and oxygen atoms in total. The van der Waals surface area contributed by atoms with Crippen LogP contribution in [0.25, 0.3) is 0 Å². The summed E-state index contributed by atoms with van der Waals surface area (Å²) in [5.41, 5.74) is 0.164. The molecule has 2 heterocycles. The number of nitrogens with one attached hydrogen (secondary N) is 1. The molecule has 2 N–H and O–H groups in total. The molecule has 2 fully saturated rings. The first-order valence-electron chi connectivity index (χ1n) is 8.20. The van der Waals surface area contributed by atoms with E-state index in [2.05, 4.69) is 4.72 Å². The Kier molecular flexibility index (Phi) is 5.00. The Labute approximate surface area is 153 Å². The topological polar surface area (TPSA) is 93.2 Å². The smallest absolute Gasteiger partial charge is 0.327 e. The molecule has 142 valence electrons. The van der Waals surface area contributed by atoms with Gasteiger partial charge in [-0.15, -0.1) is 0 Å². The number of imide groups is 1. The number of anilines is 1. The molecule has 1 spiro atoms. The lowest BCUT2D eigenvalue weighted by Gasteiger charge is -2.41. The number of nitrogens with zero attached hydrogens (tertiary/aromatic N) is 3. The van der Waals surface area contributed by atoms with Crippen molar-refractivity contribution in [3.63, 3.8) is 0 Å². The van der Waals surface area contributed by atoms with Gasteiger partial charge in [0.05, 0.1) is 0 Å². The molecule has 1 unspecified atom stereocenters. The summed E-state index contributed by atoms with van der Waals surface area (Å²) in [5, 5.41) is 0. The Balaban J connectivity index is 1.71. The maximum absolute atomic E-state index is 14.2. The molecular weight excluding hydrogens is 363 g/mol. The number of rotatable bonds is 4. The lowest BCUT2D eigenvalue weighted by atomic mass is 9.86. The Hall–Kier alpha value is -2.04. The molecule has 0 bridgehead atoms. The molecule has 3 rings (SSSR count). The van der Waals surface area contributed by atoms with Gasteiger partial charge in [-0.05, 0) is 25.0 Å². The number of amides is 3. The summed E-state index contributed by atoms with van der Waals surface area (Å²) in [6, 6.07) is 4.40. The molecule has 2 aliphatic heterocycles. The highest BCUT2D eigenvalue weighted by Crippen LogP contribution is 2.36. The number of hydrogen-bond acceptors (Lipinski definition) is 4. The van der Waals surface area contributed by atoms with Crippen LogP contribution in [0.2, 0.25) is 0 Å². The van der Waals surface area contributed by atoms with Crippen molar-refractivity contribution in [3.8, 4) is 0 Å². The minimum atomic E-state index is -2.20. The second-order valence-electron chi connectivity index (χ2n) is 6.57. The van der Waals surface area contributed by atoms with Crippen molar-refractivity contribution in [1.29, 1.82) is 0 Å². The second kappa shape index (κ2) is 6.93. The molecule has 1 atom stereocenters. The lowest BCUT2D eigenvalue weighted by molar-refractivity contribution is -0.133. The molecule has 26 heavy (non-hydrogen) atoms. The van der Waals surface area contributed by atoms with Gasteiger partial charge in [0.15, 0.2) is 0 Å². The Bertz CT molecular complexity index is 767. The predicted octanol–water partition coefficient (Wildman–Crippen LogP) is 0.915. The maximum Gasteiger partial charge on any atom is 0.327 e. The van der Waals surface area contributed by atoms with Gasteiger partial charge >= 0.3 is 6.03 Å². The summed E-state index contributed by atoms with van der Waals surface area (Å²) >= 11 is -2.20. The summed E-state index contributed by atoms with van der Waals surface area (Å²) in [4.78, 5) is 29.2. The molecule has 0 radical (unpaired) electrons. The van der Waals surface area contributed by atoms with Crippen molar-refractivity contribution in [3.05, 3.63) is 29.6 Å². The molecule has 0 aromatic heterocycles. The van der Waals surface area contributed by atoms with Crippen LogP contribution in [0.3, 0.4) is 0 Å². The molecule has 10 heteroatoms. The van der Waals surface area contributed by atoms with E-state index < -0.39 is 22.6 Å². The summed E-state index contributed by atoms with van der Waals surface area (Å²) < 4.78 is 35.8. The van der Waals surface area contributed by atoms with Crippen LogP contribution in [0.15, 0.2) is 18.2 Å². The quantitative estimate of drug-likeness (QED) is 0.595. The third-order valence-electron chi connectivity index (χ3n) is 5.30. The van der Waals surface area contributed by atoms with Crippen molar-refractivity contribution in [1.82, 2.24) is 14.5 Å². The zero-order chi connectivity index (χ0) is 19.1. The third kappa shape index (κ3) is 3.08. The minimum Gasteiger partial charge on any atom is -0.371 e. The van der Waals surface area contributed by atoms with E-state index in [1.165, 1.54) is 18.0 Å². The van der Waals surface area contributed by atoms with Crippen LogP contribution < -0.4 is 9.62 Å². The predicted molar refractivity (Wildman–Crippen MR) is 94.1 cm³/mol. The fourth-order valence-corrected chi connectivity index (χ4v) is 3.93. The average molecular weight is 384 g/mol. The van der Waals surface area contributed by atoms with Crippen molar-refractivity contribution in [2.75, 3.05) is 32.1 Å². The Morgan fingerprint density at radius 3 is 2.42 bits per heavy atom. The van der Waals surface area contributed by atoms with Crippen LogP contribution in [-0.2, 0) is 22.6 Å². The van der Waals surface area contributed by atoms with Gasteiger partial charge in [-0.3, -0.25) is 14.2 Å². The number of hydrogen-bond donors (Lipinski definition) is 2. The Morgan fingerprint density at radius 2 is 1.92 bits per heavy atom. The monoisotopic (exact) mass is 384 g/mol. The van der Waals surface area contributed by atoms with Crippen LogP contribution in [0.5, 0.6) is 0 Å². The van der Waals surface area contributed by atoms with Gasteiger partial charge in [-0.2, -0.15) is 0 Å². The fourth-order valence-electron chi connectivity index (χ4n) is 3.65. The maximum atomic E-state index is 14.2. The van der Waals surface area contributed by atoms with E-state index in [1.54, 1.807) is 19.2 Å². The zero-order valence-corrected chi connectivity index (χ0v) is 15.4. The van der Waals surface area contributed by atoms with E-state index in [1.807, 2.05) is 4.90 Å². The van der Waals surface area contributed by atoms with Crippen LogP contribution in [0.4, 0.5) is 14.9 Å². The van der Waals surface area contributed by atoms with Gasteiger partial charge < -0.3 is 9.80 Å².